The number of sulfone groups is 1. The smallest absolute Gasteiger partial charge is 0.242 e. The minimum Gasteiger partial charge on any atom is -0.348 e. The molecule has 2 aliphatic heterocycles. The lowest BCUT2D eigenvalue weighted by atomic mass is 10.0. The van der Waals surface area contributed by atoms with Crippen LogP contribution in [0.3, 0.4) is 0 Å². The number of piperazine rings is 1. The zero-order chi connectivity index (χ0) is 19.9. The van der Waals surface area contributed by atoms with Gasteiger partial charge in [-0.3, -0.25) is 14.5 Å². The Morgan fingerprint density at radius 3 is 2.41 bits per heavy atom. The number of likely N-dealkylation sites (N-methyl/N-ethyl adjacent to an activating group) is 1. The molecule has 0 spiro atoms. The first-order chi connectivity index (χ1) is 12.6. The van der Waals surface area contributed by atoms with Gasteiger partial charge in [0.25, 0.3) is 0 Å². The maximum absolute atomic E-state index is 12.9. The van der Waals surface area contributed by atoms with Gasteiger partial charge < -0.3 is 14.4 Å². The number of rotatable bonds is 4. The SMILES string of the molecule is Cc1ncn(CC(=O)N2CCN(CC(=O)N(C)C)[C@H]3CS(=O)(=O)C[C@H]32)c1C. The number of amides is 2. The third kappa shape index (κ3) is 4.01. The largest absolute Gasteiger partial charge is 0.348 e. The minimum atomic E-state index is -3.24. The van der Waals surface area contributed by atoms with Gasteiger partial charge >= 0.3 is 0 Å². The summed E-state index contributed by atoms with van der Waals surface area (Å²) >= 11 is 0. The summed E-state index contributed by atoms with van der Waals surface area (Å²) in [5.41, 5.74) is 1.80. The van der Waals surface area contributed by atoms with Crippen molar-refractivity contribution in [1.29, 1.82) is 0 Å². The molecule has 0 N–H and O–H groups in total. The van der Waals surface area contributed by atoms with Gasteiger partial charge in [-0.25, -0.2) is 13.4 Å². The van der Waals surface area contributed by atoms with E-state index in [4.69, 9.17) is 0 Å². The highest BCUT2D eigenvalue weighted by molar-refractivity contribution is 7.91. The van der Waals surface area contributed by atoms with Crippen molar-refractivity contribution in [3.63, 3.8) is 0 Å². The van der Waals surface area contributed by atoms with E-state index in [0.717, 1.165) is 11.4 Å². The van der Waals surface area contributed by atoms with Gasteiger partial charge in [-0.15, -0.1) is 0 Å². The quantitative estimate of drug-likeness (QED) is 0.640. The summed E-state index contributed by atoms with van der Waals surface area (Å²) in [6.45, 7) is 5.02. The lowest BCUT2D eigenvalue weighted by Gasteiger charge is -2.43. The summed E-state index contributed by atoms with van der Waals surface area (Å²) in [5.74, 6) is -0.230. The highest BCUT2D eigenvalue weighted by Crippen LogP contribution is 2.27. The minimum absolute atomic E-state index is 0.00856. The molecule has 2 aliphatic rings. The van der Waals surface area contributed by atoms with E-state index in [0.29, 0.717) is 13.1 Å². The number of aryl methyl sites for hydroxylation is 1. The van der Waals surface area contributed by atoms with Gasteiger partial charge in [-0.05, 0) is 13.8 Å². The van der Waals surface area contributed by atoms with Gasteiger partial charge in [0.1, 0.15) is 6.54 Å². The molecule has 3 heterocycles. The molecule has 2 fully saturated rings. The normalized spacial score (nSPS) is 24.7. The zero-order valence-corrected chi connectivity index (χ0v) is 17.1. The maximum atomic E-state index is 12.9. The number of carbonyl (C=O) groups excluding carboxylic acids is 2. The molecule has 0 unspecified atom stereocenters. The first-order valence-electron chi connectivity index (χ1n) is 9.01. The van der Waals surface area contributed by atoms with Gasteiger partial charge in [-0.2, -0.15) is 0 Å². The number of imidazole rings is 1. The second kappa shape index (κ2) is 7.23. The van der Waals surface area contributed by atoms with Gasteiger partial charge in [0, 0.05) is 38.9 Å². The van der Waals surface area contributed by atoms with E-state index >= 15 is 0 Å². The lowest BCUT2D eigenvalue weighted by Crippen LogP contribution is -2.62. The van der Waals surface area contributed by atoms with Gasteiger partial charge in [-0.1, -0.05) is 0 Å². The number of hydrogen-bond donors (Lipinski definition) is 0. The molecule has 0 aliphatic carbocycles. The Kier molecular flexibility index (Phi) is 5.31. The first-order valence-corrected chi connectivity index (χ1v) is 10.8. The van der Waals surface area contributed by atoms with Crippen LogP contribution in [-0.4, -0.2) is 102 Å². The fraction of sp³-hybridized carbons (Fsp3) is 0.706. The summed E-state index contributed by atoms with van der Waals surface area (Å²) in [6.07, 6.45) is 1.64. The predicted octanol–water partition coefficient (Wildman–Crippen LogP) is -1.10. The summed E-state index contributed by atoms with van der Waals surface area (Å²) in [4.78, 5) is 34.3. The van der Waals surface area contributed by atoms with Crippen molar-refractivity contribution in [2.24, 2.45) is 0 Å². The summed E-state index contributed by atoms with van der Waals surface area (Å²) in [6, 6.07) is -0.738. The van der Waals surface area contributed by atoms with Crippen LogP contribution in [0.1, 0.15) is 11.4 Å². The Hall–Kier alpha value is -1.94. The standard InChI is InChI=1S/C17H27N5O4S/c1-12-13(2)21(11-18-12)8-17(24)22-6-5-20(7-16(23)19(3)4)14-9-27(25,26)10-15(14)22/h11,14-15H,5-10H2,1-4H3/t14-,15+/m0/s1. The van der Waals surface area contributed by atoms with Crippen LogP contribution in [-0.2, 0) is 26.0 Å². The van der Waals surface area contributed by atoms with Crippen molar-refractivity contribution in [3.05, 3.63) is 17.7 Å². The van der Waals surface area contributed by atoms with Crippen molar-refractivity contribution in [3.8, 4) is 0 Å². The third-order valence-corrected chi connectivity index (χ3v) is 7.30. The highest BCUT2D eigenvalue weighted by Gasteiger charge is 2.48. The summed E-state index contributed by atoms with van der Waals surface area (Å²) in [7, 11) is 0.121. The fourth-order valence-electron chi connectivity index (χ4n) is 3.79. The maximum Gasteiger partial charge on any atom is 0.242 e. The van der Waals surface area contributed by atoms with Crippen LogP contribution >= 0.6 is 0 Å². The number of carbonyl (C=O) groups is 2. The van der Waals surface area contributed by atoms with E-state index < -0.39 is 15.9 Å². The molecule has 2 amide bonds. The van der Waals surface area contributed by atoms with Crippen molar-refractivity contribution in [2.45, 2.75) is 32.5 Å². The fourth-order valence-corrected chi connectivity index (χ4v) is 5.80. The van der Waals surface area contributed by atoms with E-state index in [9.17, 15) is 18.0 Å². The molecule has 0 aromatic carbocycles. The topological polar surface area (TPSA) is 95.8 Å². The lowest BCUT2D eigenvalue weighted by molar-refractivity contribution is -0.139. The molecule has 2 saturated heterocycles. The molecule has 0 radical (unpaired) electrons. The van der Waals surface area contributed by atoms with E-state index in [2.05, 4.69) is 4.98 Å². The Bertz CT molecular complexity index is 848. The molecule has 0 saturated carbocycles. The molecule has 3 rings (SSSR count). The van der Waals surface area contributed by atoms with E-state index in [-0.39, 0.29) is 42.5 Å². The van der Waals surface area contributed by atoms with E-state index in [1.807, 2.05) is 18.7 Å². The number of nitrogens with zero attached hydrogens (tertiary/aromatic N) is 5. The van der Waals surface area contributed by atoms with Crippen LogP contribution in [0.15, 0.2) is 6.33 Å². The average Bonchev–Trinajstić information content (AvgIpc) is 3.07. The van der Waals surface area contributed by atoms with Crippen molar-refractivity contribution < 1.29 is 18.0 Å². The third-order valence-electron chi connectivity index (χ3n) is 5.60. The first kappa shape index (κ1) is 19.8. The molecule has 9 nitrogen and oxygen atoms in total. The van der Waals surface area contributed by atoms with Crippen LogP contribution in [0.4, 0.5) is 0 Å². The molecule has 0 bridgehead atoms. The van der Waals surface area contributed by atoms with Crippen molar-refractivity contribution in [1.82, 2.24) is 24.3 Å². The predicted molar refractivity (Wildman–Crippen MR) is 99.9 cm³/mol. The number of fused-ring (bicyclic) bond motifs is 1. The molecule has 2 atom stereocenters. The van der Waals surface area contributed by atoms with Crippen molar-refractivity contribution >= 4 is 21.7 Å². The zero-order valence-electron chi connectivity index (χ0n) is 16.3. The van der Waals surface area contributed by atoms with Crippen LogP contribution in [0.5, 0.6) is 0 Å². The molecule has 1 aromatic heterocycles. The van der Waals surface area contributed by atoms with Crippen LogP contribution in [0, 0.1) is 13.8 Å². The Balaban J connectivity index is 1.77. The van der Waals surface area contributed by atoms with Crippen LogP contribution in [0.2, 0.25) is 0 Å². The molecular formula is C17H27N5O4S. The number of hydrogen-bond acceptors (Lipinski definition) is 6. The van der Waals surface area contributed by atoms with E-state index in [1.54, 1.807) is 29.9 Å². The number of aromatic nitrogens is 2. The Morgan fingerprint density at radius 2 is 1.81 bits per heavy atom. The van der Waals surface area contributed by atoms with Gasteiger partial charge in [0.15, 0.2) is 9.84 Å². The van der Waals surface area contributed by atoms with Crippen LogP contribution in [0.25, 0.3) is 0 Å². The monoisotopic (exact) mass is 397 g/mol. The van der Waals surface area contributed by atoms with Crippen molar-refractivity contribution in [2.75, 3.05) is 45.2 Å². The van der Waals surface area contributed by atoms with Gasteiger partial charge in [0.05, 0.1) is 36.1 Å². The van der Waals surface area contributed by atoms with E-state index in [1.165, 1.54) is 4.90 Å². The molecule has 10 heteroatoms. The highest BCUT2D eigenvalue weighted by atomic mass is 32.2. The second-order valence-corrected chi connectivity index (χ2v) is 9.75. The molecule has 27 heavy (non-hydrogen) atoms. The Morgan fingerprint density at radius 1 is 1.15 bits per heavy atom. The molecule has 150 valence electrons. The van der Waals surface area contributed by atoms with Gasteiger partial charge in [0.2, 0.25) is 11.8 Å². The summed E-state index contributed by atoms with van der Waals surface area (Å²) < 4.78 is 26.3. The Labute approximate surface area is 159 Å². The average molecular weight is 398 g/mol. The molecular weight excluding hydrogens is 370 g/mol. The molecule has 1 aromatic rings. The summed E-state index contributed by atoms with van der Waals surface area (Å²) in [5, 5.41) is 0. The second-order valence-electron chi connectivity index (χ2n) is 7.60. The van der Waals surface area contributed by atoms with Crippen LogP contribution < -0.4 is 0 Å².